The molecule has 1 aliphatic rings. The SMILES string of the molecule is COc1ccc(OP(=S)(OC[C@@]2(C(F)F)O[C@@H](n3ccc(=O)[nH]c3=O)C(F)(F)[C@@H]2O)Oc2ccc(OC)cc2)cc1. The van der Waals surface area contributed by atoms with Gasteiger partial charge in [0.1, 0.15) is 23.0 Å². The summed E-state index contributed by atoms with van der Waals surface area (Å²) in [7, 11) is 2.86. The number of H-pyrrole nitrogens is 1. The van der Waals surface area contributed by atoms with Crippen LogP contribution >= 0.6 is 6.72 Å². The van der Waals surface area contributed by atoms with Gasteiger partial charge in [-0.1, -0.05) is 0 Å². The molecule has 3 aromatic rings. The lowest BCUT2D eigenvalue weighted by molar-refractivity contribution is -0.192. The molecule has 0 bridgehead atoms. The first-order chi connectivity index (χ1) is 19.3. The van der Waals surface area contributed by atoms with Crippen molar-refractivity contribution in [2.75, 3.05) is 20.8 Å². The number of aliphatic hydroxyl groups excluding tert-OH is 1. The van der Waals surface area contributed by atoms with E-state index in [-0.39, 0.29) is 16.1 Å². The van der Waals surface area contributed by atoms with E-state index in [9.17, 15) is 23.5 Å². The van der Waals surface area contributed by atoms with Gasteiger partial charge in [-0.05, 0) is 48.5 Å². The highest BCUT2D eigenvalue weighted by molar-refractivity contribution is 8.07. The maximum absolute atomic E-state index is 15.2. The molecular weight excluding hydrogens is 599 g/mol. The Morgan fingerprint density at radius 1 is 0.976 bits per heavy atom. The molecule has 2 aromatic carbocycles. The van der Waals surface area contributed by atoms with Gasteiger partial charge in [-0.3, -0.25) is 18.9 Å². The molecule has 3 atom stereocenters. The van der Waals surface area contributed by atoms with Crippen LogP contribution in [0.15, 0.2) is 70.4 Å². The highest BCUT2D eigenvalue weighted by Gasteiger charge is 2.71. The summed E-state index contributed by atoms with van der Waals surface area (Å²) in [6.07, 6.45) is -9.08. The number of methoxy groups -OCH3 is 2. The van der Waals surface area contributed by atoms with Crippen molar-refractivity contribution in [2.24, 2.45) is 0 Å². The number of halogens is 4. The van der Waals surface area contributed by atoms with Gasteiger partial charge in [0.05, 0.1) is 20.8 Å². The van der Waals surface area contributed by atoms with Crippen molar-refractivity contribution >= 4 is 18.5 Å². The molecule has 1 aliphatic heterocycles. The molecule has 2 heterocycles. The minimum atomic E-state index is -4.45. The van der Waals surface area contributed by atoms with Crippen molar-refractivity contribution in [1.29, 1.82) is 0 Å². The van der Waals surface area contributed by atoms with Gasteiger partial charge in [-0.25, -0.2) is 13.6 Å². The molecule has 17 heteroatoms. The average Bonchev–Trinajstić information content (AvgIpc) is 3.14. The van der Waals surface area contributed by atoms with Crippen LogP contribution in [0.3, 0.4) is 0 Å². The number of aliphatic hydroxyl groups is 1. The zero-order valence-electron chi connectivity index (χ0n) is 21.2. The van der Waals surface area contributed by atoms with Crippen LogP contribution in [0.2, 0.25) is 0 Å². The van der Waals surface area contributed by atoms with Gasteiger partial charge >= 0.3 is 18.3 Å². The van der Waals surface area contributed by atoms with E-state index in [4.69, 9.17) is 39.6 Å². The molecule has 0 spiro atoms. The van der Waals surface area contributed by atoms with Crippen molar-refractivity contribution in [3.63, 3.8) is 0 Å². The molecule has 0 saturated carbocycles. The van der Waals surface area contributed by atoms with Gasteiger partial charge in [0, 0.05) is 24.1 Å². The first-order valence-corrected chi connectivity index (χ1v) is 14.1. The molecule has 0 amide bonds. The maximum Gasteiger partial charge on any atom is 0.435 e. The molecule has 1 saturated heterocycles. The quantitative estimate of drug-likeness (QED) is 0.242. The predicted octanol–water partition coefficient (Wildman–Crippen LogP) is 3.48. The fourth-order valence-corrected chi connectivity index (χ4v) is 5.73. The first kappa shape index (κ1) is 30.5. The Kier molecular flexibility index (Phi) is 8.80. The van der Waals surface area contributed by atoms with Gasteiger partial charge in [0.25, 0.3) is 12.0 Å². The largest absolute Gasteiger partial charge is 0.497 e. The average molecular weight is 622 g/mol. The molecule has 1 fully saturated rings. The van der Waals surface area contributed by atoms with E-state index in [2.05, 4.69) is 0 Å². The fraction of sp³-hybridized carbons (Fsp3) is 0.333. The van der Waals surface area contributed by atoms with E-state index in [1.165, 1.54) is 62.8 Å². The van der Waals surface area contributed by atoms with Crippen LogP contribution in [-0.2, 0) is 21.1 Å². The van der Waals surface area contributed by atoms with Crippen molar-refractivity contribution in [1.82, 2.24) is 9.55 Å². The lowest BCUT2D eigenvalue weighted by Gasteiger charge is -2.32. The summed E-state index contributed by atoms with van der Waals surface area (Å²) in [6, 6.07) is 12.4. The Morgan fingerprint density at radius 3 is 1.90 bits per heavy atom. The number of aromatic nitrogens is 2. The smallest absolute Gasteiger partial charge is 0.435 e. The van der Waals surface area contributed by atoms with Gasteiger partial charge in [0.2, 0.25) is 6.23 Å². The summed E-state index contributed by atoms with van der Waals surface area (Å²) < 4.78 is 91.5. The maximum atomic E-state index is 15.2. The highest BCUT2D eigenvalue weighted by Crippen LogP contribution is 2.55. The first-order valence-electron chi connectivity index (χ1n) is 11.6. The third kappa shape index (κ3) is 6.26. The van der Waals surface area contributed by atoms with Gasteiger partial charge in [-0.15, -0.1) is 0 Å². The molecule has 222 valence electrons. The summed E-state index contributed by atoms with van der Waals surface area (Å²) in [5, 5.41) is 10.5. The second-order valence-electron chi connectivity index (χ2n) is 8.57. The van der Waals surface area contributed by atoms with E-state index < -0.39 is 54.9 Å². The van der Waals surface area contributed by atoms with Crippen molar-refractivity contribution in [3.05, 3.63) is 81.6 Å². The van der Waals surface area contributed by atoms with Crippen LogP contribution in [0.4, 0.5) is 17.6 Å². The lowest BCUT2D eigenvalue weighted by atomic mass is 9.96. The molecule has 0 radical (unpaired) electrons. The minimum absolute atomic E-state index is 0.0598. The Balaban J connectivity index is 1.67. The van der Waals surface area contributed by atoms with E-state index in [1.807, 2.05) is 0 Å². The third-order valence-electron chi connectivity index (χ3n) is 5.96. The molecule has 11 nitrogen and oxygen atoms in total. The predicted molar refractivity (Wildman–Crippen MR) is 139 cm³/mol. The van der Waals surface area contributed by atoms with Gasteiger partial charge < -0.3 is 28.4 Å². The number of alkyl halides is 4. The number of rotatable bonds is 11. The zero-order valence-corrected chi connectivity index (χ0v) is 23.0. The summed E-state index contributed by atoms with van der Waals surface area (Å²) in [6.45, 7) is -5.60. The molecule has 4 rings (SSSR count). The van der Waals surface area contributed by atoms with Crippen molar-refractivity contribution in [2.45, 2.75) is 30.3 Å². The summed E-state index contributed by atoms with van der Waals surface area (Å²) in [5.41, 5.74) is -5.71. The number of aromatic amines is 1. The van der Waals surface area contributed by atoms with Gasteiger partial charge in [-0.2, -0.15) is 8.78 Å². The fourth-order valence-electron chi connectivity index (χ4n) is 3.80. The Morgan fingerprint density at radius 2 is 1.46 bits per heavy atom. The molecule has 0 aliphatic carbocycles. The highest BCUT2D eigenvalue weighted by atomic mass is 32.5. The normalized spacial score (nSPS) is 22.0. The summed E-state index contributed by atoms with van der Waals surface area (Å²) in [4.78, 5) is 25.2. The van der Waals surface area contributed by atoms with Crippen LogP contribution < -0.4 is 29.8 Å². The summed E-state index contributed by atoms with van der Waals surface area (Å²) >= 11 is 5.43. The standard InChI is InChI=1S/C24H23F4N2O9PS/c1-34-14-3-7-16(8-4-14)38-40(41,39-17-9-5-15(35-2)6-10-17)36-13-23(20(25)26)19(32)24(27,28)21(37-23)30-12-11-18(31)29-22(30)33/h3-12,19-21,32H,13H2,1-2H3,(H,29,31,33)/t19-,21-,23-/m1/s1. The number of nitrogens with zero attached hydrogens (tertiary/aromatic N) is 1. The number of ether oxygens (including phenoxy) is 3. The van der Waals surface area contributed by atoms with Gasteiger partial charge in [0.15, 0.2) is 11.7 Å². The zero-order chi connectivity index (χ0) is 30.0. The second kappa shape index (κ2) is 11.8. The molecule has 0 unspecified atom stereocenters. The van der Waals surface area contributed by atoms with Crippen LogP contribution in [0.1, 0.15) is 6.23 Å². The number of hydrogen-bond acceptors (Lipinski definition) is 10. The number of hydrogen-bond donors (Lipinski definition) is 2. The molecule has 1 aromatic heterocycles. The molecule has 2 N–H and O–H groups in total. The minimum Gasteiger partial charge on any atom is -0.497 e. The Hall–Kier alpha value is -3.43. The number of nitrogens with one attached hydrogen (secondary N) is 1. The second-order valence-corrected chi connectivity index (χ2v) is 11.4. The van der Waals surface area contributed by atoms with Crippen molar-refractivity contribution < 1.29 is 50.5 Å². The number of benzene rings is 2. The van der Waals surface area contributed by atoms with E-state index in [1.54, 1.807) is 4.98 Å². The lowest BCUT2D eigenvalue weighted by Crippen LogP contribution is -2.54. The Labute approximate surface area is 234 Å². The van der Waals surface area contributed by atoms with Crippen LogP contribution in [0.5, 0.6) is 23.0 Å². The van der Waals surface area contributed by atoms with Crippen LogP contribution in [0, 0.1) is 0 Å². The third-order valence-corrected chi connectivity index (χ3v) is 8.04. The van der Waals surface area contributed by atoms with E-state index >= 15 is 8.78 Å². The van der Waals surface area contributed by atoms with Crippen molar-refractivity contribution in [3.8, 4) is 23.0 Å². The van der Waals surface area contributed by atoms with E-state index in [0.717, 1.165) is 0 Å². The van der Waals surface area contributed by atoms with E-state index in [0.29, 0.717) is 23.8 Å². The topological polar surface area (TPSA) is 130 Å². The monoisotopic (exact) mass is 622 g/mol. The van der Waals surface area contributed by atoms with Crippen LogP contribution in [-0.4, -0.2) is 59.5 Å². The Bertz CT molecular complexity index is 1470. The summed E-state index contributed by atoms with van der Waals surface area (Å²) in [5.74, 6) is -3.42. The molecule has 41 heavy (non-hydrogen) atoms. The molecular formula is C24H23F4N2O9PS. The van der Waals surface area contributed by atoms with Crippen LogP contribution in [0.25, 0.3) is 0 Å².